The Morgan fingerprint density at radius 2 is 2.27 bits per heavy atom. The van der Waals surface area contributed by atoms with Gasteiger partial charge in [0, 0.05) is 11.1 Å². The highest BCUT2D eigenvalue weighted by molar-refractivity contribution is 5.95. The van der Waals surface area contributed by atoms with Gasteiger partial charge in [-0.3, -0.25) is 4.79 Å². The summed E-state index contributed by atoms with van der Waals surface area (Å²) in [5, 5.41) is 17.0. The molecule has 8 heteroatoms. The predicted molar refractivity (Wildman–Crippen MR) is 79.5 cm³/mol. The summed E-state index contributed by atoms with van der Waals surface area (Å²) < 4.78 is 5.66. The van der Waals surface area contributed by atoms with E-state index in [-0.39, 0.29) is 11.7 Å². The lowest BCUT2D eigenvalue weighted by molar-refractivity contribution is 0.101. The normalized spacial score (nSPS) is 11.0. The summed E-state index contributed by atoms with van der Waals surface area (Å²) in [5.41, 5.74) is 4.07. The van der Waals surface area contributed by atoms with Crippen molar-refractivity contribution in [2.45, 2.75) is 6.92 Å². The van der Waals surface area contributed by atoms with Crippen LogP contribution in [0.15, 0.2) is 45.9 Å². The number of furan rings is 1. The van der Waals surface area contributed by atoms with E-state index >= 15 is 0 Å². The summed E-state index contributed by atoms with van der Waals surface area (Å²) >= 11 is 0. The van der Waals surface area contributed by atoms with Gasteiger partial charge in [0.1, 0.15) is 11.5 Å². The number of carbonyl (C=O) groups is 1. The Kier molecular flexibility index (Phi) is 3.73. The molecule has 0 aliphatic rings. The maximum Gasteiger partial charge on any atom is 0.283 e. The molecule has 0 bridgehead atoms. The first-order valence-electron chi connectivity index (χ1n) is 6.46. The van der Waals surface area contributed by atoms with Gasteiger partial charge in [-0.2, -0.15) is 10.3 Å². The molecule has 3 rings (SSSR count). The van der Waals surface area contributed by atoms with Crippen molar-refractivity contribution >= 4 is 17.9 Å². The number of hydrogen-bond donors (Lipinski definition) is 2. The van der Waals surface area contributed by atoms with E-state index in [9.17, 15) is 4.79 Å². The highest BCUT2D eigenvalue weighted by atomic mass is 16.3. The van der Waals surface area contributed by atoms with Gasteiger partial charge in [0.25, 0.3) is 5.95 Å². The zero-order valence-electron chi connectivity index (χ0n) is 11.6. The number of aromatic amines is 1. The van der Waals surface area contributed by atoms with Gasteiger partial charge < -0.3 is 4.42 Å². The van der Waals surface area contributed by atoms with E-state index < -0.39 is 0 Å². The molecular weight excluding hydrogens is 284 g/mol. The summed E-state index contributed by atoms with van der Waals surface area (Å²) in [5.74, 6) is 1.49. The number of rotatable bonds is 5. The van der Waals surface area contributed by atoms with E-state index in [0.29, 0.717) is 17.1 Å². The highest BCUT2D eigenvalue weighted by Gasteiger charge is 2.06. The Balaban J connectivity index is 1.74. The molecule has 1 aromatic carbocycles. The van der Waals surface area contributed by atoms with Crippen LogP contribution in [0.3, 0.4) is 0 Å². The van der Waals surface area contributed by atoms with Crippen LogP contribution in [0, 0.1) is 0 Å². The van der Waals surface area contributed by atoms with E-state index in [1.165, 1.54) is 13.1 Å². The maximum absolute atomic E-state index is 11.4. The Morgan fingerprint density at radius 1 is 1.36 bits per heavy atom. The monoisotopic (exact) mass is 296 g/mol. The Morgan fingerprint density at radius 3 is 3.05 bits per heavy atom. The number of benzene rings is 1. The second-order valence-corrected chi connectivity index (χ2v) is 4.44. The molecule has 110 valence electrons. The number of tetrazole rings is 1. The molecule has 0 saturated heterocycles. The third-order valence-electron chi connectivity index (χ3n) is 2.88. The van der Waals surface area contributed by atoms with Gasteiger partial charge in [-0.25, -0.2) is 5.43 Å². The van der Waals surface area contributed by atoms with Crippen molar-refractivity contribution in [1.82, 2.24) is 20.6 Å². The lowest BCUT2D eigenvalue weighted by Gasteiger charge is -1.99. The minimum atomic E-state index is 0.0134. The molecule has 2 heterocycles. The highest BCUT2D eigenvalue weighted by Crippen LogP contribution is 2.22. The third kappa shape index (κ3) is 3.06. The largest absolute Gasteiger partial charge is 0.455 e. The van der Waals surface area contributed by atoms with Crippen LogP contribution in [0.25, 0.3) is 11.3 Å². The van der Waals surface area contributed by atoms with E-state index in [1.54, 1.807) is 18.2 Å². The molecule has 8 nitrogen and oxygen atoms in total. The van der Waals surface area contributed by atoms with Crippen molar-refractivity contribution in [2.75, 3.05) is 5.43 Å². The van der Waals surface area contributed by atoms with Crippen LogP contribution in [0.2, 0.25) is 0 Å². The molecule has 3 aromatic rings. The van der Waals surface area contributed by atoms with Crippen LogP contribution in [-0.4, -0.2) is 32.6 Å². The first-order valence-corrected chi connectivity index (χ1v) is 6.46. The van der Waals surface area contributed by atoms with Gasteiger partial charge in [0.15, 0.2) is 5.78 Å². The van der Waals surface area contributed by atoms with Crippen molar-refractivity contribution in [3.63, 3.8) is 0 Å². The molecule has 0 atom stereocenters. The van der Waals surface area contributed by atoms with Crippen LogP contribution in [0.1, 0.15) is 23.0 Å². The van der Waals surface area contributed by atoms with Crippen LogP contribution in [-0.2, 0) is 0 Å². The van der Waals surface area contributed by atoms with E-state index in [1.807, 2.05) is 18.2 Å². The lowest BCUT2D eigenvalue weighted by atomic mass is 10.1. The van der Waals surface area contributed by atoms with Crippen LogP contribution in [0.4, 0.5) is 5.95 Å². The number of ketones is 1. The Bertz CT molecular complexity index is 806. The van der Waals surface area contributed by atoms with Crippen molar-refractivity contribution < 1.29 is 9.21 Å². The molecular formula is C14H12N6O2. The van der Waals surface area contributed by atoms with E-state index in [4.69, 9.17) is 4.42 Å². The number of nitrogens with zero attached hydrogens (tertiary/aromatic N) is 4. The second-order valence-electron chi connectivity index (χ2n) is 4.44. The summed E-state index contributed by atoms with van der Waals surface area (Å²) in [6.45, 7) is 1.53. The number of aromatic nitrogens is 4. The Hall–Kier alpha value is -3.29. The van der Waals surface area contributed by atoms with Crippen molar-refractivity contribution in [3.05, 3.63) is 47.7 Å². The summed E-state index contributed by atoms with van der Waals surface area (Å²) in [7, 11) is 0. The number of hydrazone groups is 1. The average molecular weight is 296 g/mol. The minimum Gasteiger partial charge on any atom is -0.455 e. The third-order valence-corrected chi connectivity index (χ3v) is 2.88. The van der Waals surface area contributed by atoms with E-state index in [0.717, 1.165) is 5.56 Å². The topological polar surface area (TPSA) is 109 Å². The summed E-state index contributed by atoms with van der Waals surface area (Å²) in [6.07, 6.45) is 1.49. The number of carbonyl (C=O) groups excluding carboxylic acids is 1. The molecule has 0 unspecified atom stereocenters. The Labute approximate surface area is 125 Å². The van der Waals surface area contributed by atoms with Crippen molar-refractivity contribution in [1.29, 1.82) is 0 Å². The quantitative estimate of drug-likeness (QED) is 0.424. The van der Waals surface area contributed by atoms with Gasteiger partial charge in [-0.05, 0) is 30.3 Å². The number of Topliss-reactive ketones (excluding diaryl/α,β-unsaturated/α-hetero) is 1. The SMILES string of the molecule is CC(=O)c1cccc(-c2ccc(C=NNc3nn[nH]n3)o2)c1. The fraction of sp³-hybridized carbons (Fsp3) is 0.0714. The lowest BCUT2D eigenvalue weighted by Crippen LogP contribution is -1.92. The number of nitrogens with one attached hydrogen (secondary N) is 2. The molecule has 0 fully saturated rings. The van der Waals surface area contributed by atoms with Gasteiger partial charge in [0.05, 0.1) is 6.21 Å². The first-order chi connectivity index (χ1) is 10.7. The molecule has 0 aliphatic heterocycles. The van der Waals surface area contributed by atoms with Gasteiger partial charge in [-0.15, -0.1) is 5.10 Å². The molecule has 2 N–H and O–H groups in total. The first kappa shape index (κ1) is 13.7. The standard InChI is InChI=1S/C14H12N6O2/c1-9(21)10-3-2-4-11(7-10)13-6-5-12(22-13)8-15-16-14-17-19-20-18-14/h2-8H,1H3,(H2,16,17,18,19,20). The predicted octanol–water partition coefficient (Wildman–Crippen LogP) is 2.11. The van der Waals surface area contributed by atoms with Crippen molar-refractivity contribution in [2.24, 2.45) is 5.10 Å². The smallest absolute Gasteiger partial charge is 0.283 e. The summed E-state index contributed by atoms with van der Waals surface area (Å²) in [4.78, 5) is 11.4. The molecule has 0 radical (unpaired) electrons. The summed E-state index contributed by atoms with van der Waals surface area (Å²) in [6, 6.07) is 10.8. The van der Waals surface area contributed by atoms with Crippen LogP contribution < -0.4 is 5.43 Å². The minimum absolute atomic E-state index is 0.0134. The van der Waals surface area contributed by atoms with Gasteiger partial charge in [0.2, 0.25) is 0 Å². The number of hydrogen-bond acceptors (Lipinski definition) is 7. The molecule has 0 aliphatic carbocycles. The van der Waals surface area contributed by atoms with Crippen molar-refractivity contribution in [3.8, 4) is 11.3 Å². The fourth-order valence-electron chi connectivity index (χ4n) is 1.83. The maximum atomic E-state index is 11.4. The zero-order chi connectivity index (χ0) is 15.4. The molecule has 0 amide bonds. The molecule has 0 spiro atoms. The molecule has 2 aromatic heterocycles. The second kappa shape index (κ2) is 6.00. The van der Waals surface area contributed by atoms with Gasteiger partial charge >= 0.3 is 0 Å². The van der Waals surface area contributed by atoms with E-state index in [2.05, 4.69) is 31.2 Å². The molecule has 0 saturated carbocycles. The van der Waals surface area contributed by atoms with Gasteiger partial charge in [-0.1, -0.05) is 23.3 Å². The fourth-order valence-corrected chi connectivity index (χ4v) is 1.83. The van der Waals surface area contributed by atoms with Crippen LogP contribution >= 0.6 is 0 Å². The number of H-pyrrole nitrogens is 1. The average Bonchev–Trinajstić information content (AvgIpc) is 3.19. The van der Waals surface area contributed by atoms with Crippen LogP contribution in [0.5, 0.6) is 0 Å². The zero-order valence-corrected chi connectivity index (χ0v) is 11.6. The number of anilines is 1. The molecule has 22 heavy (non-hydrogen) atoms.